The van der Waals surface area contributed by atoms with Crippen LogP contribution in [0.2, 0.25) is 0 Å². The van der Waals surface area contributed by atoms with E-state index in [2.05, 4.69) is 5.16 Å². The predicted octanol–water partition coefficient (Wildman–Crippen LogP) is -0.389. The Morgan fingerprint density at radius 2 is 1.55 bits per heavy atom. The molecule has 0 spiro atoms. The molecule has 0 aliphatic carbocycles. The summed E-state index contributed by atoms with van der Waals surface area (Å²) in [6.07, 6.45) is 0. The zero-order chi connectivity index (χ0) is 16.9. The lowest BCUT2D eigenvalue weighted by atomic mass is 9.68. The molecule has 1 aliphatic rings. The third-order valence-electron chi connectivity index (χ3n) is 4.46. The summed E-state index contributed by atoms with van der Waals surface area (Å²) >= 11 is 0. The van der Waals surface area contributed by atoms with Crippen molar-refractivity contribution in [1.29, 1.82) is 0 Å². The van der Waals surface area contributed by atoms with E-state index in [1.165, 1.54) is 6.92 Å². The van der Waals surface area contributed by atoms with Crippen LogP contribution in [0.25, 0.3) is 0 Å². The Morgan fingerprint density at radius 3 is 1.95 bits per heavy atom. The van der Waals surface area contributed by atoms with Crippen molar-refractivity contribution in [3.63, 3.8) is 0 Å². The normalized spacial score (nSPS) is 27.2. The number of benzene rings is 1. The van der Waals surface area contributed by atoms with Crippen molar-refractivity contribution in [2.75, 3.05) is 0 Å². The summed E-state index contributed by atoms with van der Waals surface area (Å²) in [5.41, 5.74) is -0.918. The molecule has 118 valence electrons. The fraction of sp³-hybridized carbons (Fsp3) is 0.438. The van der Waals surface area contributed by atoms with Crippen LogP contribution in [0.1, 0.15) is 36.1 Å². The van der Waals surface area contributed by atoms with E-state index in [0.717, 1.165) is 23.6 Å². The molecule has 1 heterocycles. The van der Waals surface area contributed by atoms with Crippen molar-refractivity contribution in [1.82, 2.24) is 0 Å². The van der Waals surface area contributed by atoms with Gasteiger partial charge in [0.2, 0.25) is 0 Å². The fourth-order valence-electron chi connectivity index (χ4n) is 2.93. The Kier molecular flexibility index (Phi) is 3.51. The van der Waals surface area contributed by atoms with Crippen LogP contribution in [-0.2, 0) is 14.4 Å². The predicted molar refractivity (Wildman–Crippen MR) is 74.8 cm³/mol. The topological polar surface area (TPSA) is 102 Å². The average molecular weight is 303 g/mol. The van der Waals surface area contributed by atoms with Gasteiger partial charge in [0.15, 0.2) is 5.60 Å². The lowest BCUT2D eigenvalue weighted by Crippen LogP contribution is -2.64. The van der Waals surface area contributed by atoms with Gasteiger partial charge >= 0.3 is 0 Å². The van der Waals surface area contributed by atoms with Gasteiger partial charge in [-0.05, 0) is 45.7 Å². The van der Waals surface area contributed by atoms with Crippen molar-refractivity contribution in [3.05, 3.63) is 34.4 Å². The molecule has 22 heavy (non-hydrogen) atoms. The molecular formula is C16H17NO5-2. The Labute approximate surface area is 128 Å². The smallest absolute Gasteiger partial charge is 0.190 e. The van der Waals surface area contributed by atoms with Crippen molar-refractivity contribution < 1.29 is 24.6 Å². The van der Waals surface area contributed by atoms with E-state index < -0.39 is 23.0 Å². The molecule has 6 nitrogen and oxygen atoms in total. The average Bonchev–Trinajstić information content (AvgIpc) is 2.65. The van der Waals surface area contributed by atoms with Gasteiger partial charge in [-0.1, -0.05) is 22.9 Å². The highest BCUT2D eigenvalue weighted by atomic mass is 16.7. The minimum absolute atomic E-state index is 0.0363. The number of hydrogen-bond donors (Lipinski definition) is 0. The highest BCUT2D eigenvalue weighted by Crippen LogP contribution is 2.44. The van der Waals surface area contributed by atoms with E-state index in [9.17, 15) is 19.8 Å². The zero-order valence-electron chi connectivity index (χ0n) is 13.1. The van der Waals surface area contributed by atoms with Gasteiger partial charge in [-0.15, -0.1) is 0 Å². The number of carboxylic acid groups (broad SMARTS) is 2. The van der Waals surface area contributed by atoms with Crippen LogP contribution in [0.4, 0.5) is 0 Å². The van der Waals surface area contributed by atoms with Gasteiger partial charge in [-0.2, -0.15) is 0 Å². The monoisotopic (exact) mass is 303 g/mol. The molecule has 0 aromatic heterocycles. The Bertz CT molecular complexity index is 685. The Balaban J connectivity index is 2.72. The van der Waals surface area contributed by atoms with Gasteiger partial charge in [0.1, 0.15) is 11.1 Å². The Hall–Kier alpha value is -2.37. The highest BCUT2D eigenvalue weighted by Gasteiger charge is 2.58. The fourth-order valence-corrected chi connectivity index (χ4v) is 2.93. The number of carbonyl (C=O) groups excluding carboxylic acids is 2. The summed E-state index contributed by atoms with van der Waals surface area (Å²) in [6.45, 7) is 7.90. The molecule has 0 saturated heterocycles. The number of hydrogen-bond acceptors (Lipinski definition) is 6. The molecule has 0 saturated carbocycles. The van der Waals surface area contributed by atoms with E-state index >= 15 is 0 Å². The summed E-state index contributed by atoms with van der Waals surface area (Å²) < 4.78 is 0. The van der Waals surface area contributed by atoms with E-state index in [0.29, 0.717) is 5.56 Å². The molecule has 1 aromatic rings. The molecular weight excluding hydrogens is 286 g/mol. The van der Waals surface area contributed by atoms with Gasteiger partial charge in [0.25, 0.3) is 0 Å². The van der Waals surface area contributed by atoms with E-state index in [4.69, 9.17) is 4.84 Å². The minimum atomic E-state index is -2.13. The number of aliphatic carboxylic acids is 2. The molecule has 2 unspecified atom stereocenters. The molecule has 0 radical (unpaired) electrons. The molecule has 0 N–H and O–H groups in total. The van der Waals surface area contributed by atoms with Crippen LogP contribution in [0, 0.1) is 26.2 Å². The van der Waals surface area contributed by atoms with E-state index in [1.54, 1.807) is 0 Å². The van der Waals surface area contributed by atoms with Crippen LogP contribution in [-0.4, -0.2) is 23.3 Å². The van der Waals surface area contributed by atoms with Crippen LogP contribution in [0.5, 0.6) is 0 Å². The maximum absolute atomic E-state index is 11.8. The first kappa shape index (κ1) is 16.0. The van der Waals surface area contributed by atoms with Gasteiger partial charge in [-0.25, -0.2) is 0 Å². The third-order valence-corrected chi connectivity index (χ3v) is 4.46. The van der Waals surface area contributed by atoms with Crippen molar-refractivity contribution in [2.45, 2.75) is 40.2 Å². The minimum Gasteiger partial charge on any atom is -0.549 e. The highest BCUT2D eigenvalue weighted by molar-refractivity contribution is 6.19. The summed E-state index contributed by atoms with van der Waals surface area (Å²) in [7, 11) is 0. The quantitative estimate of drug-likeness (QED) is 0.757. The van der Waals surface area contributed by atoms with Crippen molar-refractivity contribution >= 4 is 17.7 Å². The first-order chi connectivity index (χ1) is 10.1. The number of carbonyl (C=O) groups is 2. The lowest BCUT2D eigenvalue weighted by molar-refractivity contribution is -0.343. The number of nitrogens with zero attached hydrogens (tertiary/aromatic N) is 1. The molecule has 0 fully saturated rings. The molecule has 0 amide bonds. The Morgan fingerprint density at radius 1 is 1.05 bits per heavy atom. The van der Waals surface area contributed by atoms with Gasteiger partial charge in [-0.3, -0.25) is 0 Å². The standard InChI is InChI=1S/C16H19NO5/c1-8-6-9(2)11(10(3)7-8)12-15(4,13(18)19)16(5,14(20)21)22-17-12/h6-7H,1-5H3,(H,18,19)(H,20,21)/p-2. The largest absolute Gasteiger partial charge is 0.549 e. The van der Waals surface area contributed by atoms with Gasteiger partial charge in [0, 0.05) is 5.56 Å². The molecule has 2 atom stereocenters. The van der Waals surface area contributed by atoms with Gasteiger partial charge < -0.3 is 24.6 Å². The first-order valence-corrected chi connectivity index (χ1v) is 6.83. The second kappa shape index (κ2) is 4.83. The van der Waals surface area contributed by atoms with Crippen LogP contribution in [0.15, 0.2) is 17.3 Å². The molecule has 0 bridgehead atoms. The second-order valence-electron chi connectivity index (χ2n) is 6.04. The van der Waals surface area contributed by atoms with Crippen molar-refractivity contribution in [2.24, 2.45) is 10.6 Å². The zero-order valence-corrected chi connectivity index (χ0v) is 13.1. The first-order valence-electron chi connectivity index (χ1n) is 6.83. The number of rotatable bonds is 3. The summed E-state index contributed by atoms with van der Waals surface area (Å²) in [6, 6.07) is 3.74. The van der Waals surface area contributed by atoms with E-state index in [1.807, 2.05) is 32.9 Å². The summed E-state index contributed by atoms with van der Waals surface area (Å²) in [4.78, 5) is 28.2. The maximum atomic E-state index is 11.8. The molecule has 2 rings (SSSR count). The second-order valence-corrected chi connectivity index (χ2v) is 6.04. The summed E-state index contributed by atoms with van der Waals surface area (Å²) in [5, 5.41) is 27.0. The van der Waals surface area contributed by atoms with Crippen molar-refractivity contribution in [3.8, 4) is 0 Å². The maximum Gasteiger partial charge on any atom is 0.190 e. The van der Waals surface area contributed by atoms with E-state index in [-0.39, 0.29) is 5.71 Å². The molecule has 1 aromatic carbocycles. The molecule has 6 heteroatoms. The lowest BCUT2D eigenvalue weighted by Gasteiger charge is -2.40. The van der Waals surface area contributed by atoms with Crippen LogP contribution in [0.3, 0.4) is 0 Å². The number of oxime groups is 1. The van der Waals surface area contributed by atoms with Crippen LogP contribution < -0.4 is 10.2 Å². The third kappa shape index (κ3) is 1.90. The van der Waals surface area contributed by atoms with Gasteiger partial charge in [0.05, 0.1) is 11.9 Å². The number of carboxylic acids is 2. The molecule has 1 aliphatic heterocycles. The number of aryl methyl sites for hydroxylation is 3. The van der Waals surface area contributed by atoms with Crippen LogP contribution >= 0.6 is 0 Å². The summed E-state index contributed by atoms with van der Waals surface area (Å²) in [5.74, 6) is -3.23. The SMILES string of the molecule is Cc1cc(C)c(C2=NOC(C)(C(=O)[O-])C2(C)C(=O)[O-])c(C)c1.